The van der Waals surface area contributed by atoms with Crippen molar-refractivity contribution in [2.75, 3.05) is 0 Å². The molecule has 1 N–H and O–H groups in total. The third-order valence-corrected chi connectivity index (χ3v) is 13.7. The molecular formula is C28H23Cl3NOP. The Kier molecular flexibility index (Phi) is 7.45. The monoisotopic (exact) mass is 525 g/mol. The molecule has 6 heteroatoms. The Morgan fingerprint density at radius 2 is 0.971 bits per heavy atom. The van der Waals surface area contributed by atoms with Crippen LogP contribution >= 0.6 is 40.4 Å². The van der Waals surface area contributed by atoms with Crippen molar-refractivity contribution >= 4 is 62.2 Å². The van der Waals surface area contributed by atoms with E-state index in [0.717, 1.165) is 21.5 Å². The predicted octanol–water partition coefficient (Wildman–Crippen LogP) is 6.63. The maximum atomic E-state index is 13.3. The SMILES string of the molecule is O=C(Cc1ccccc1)NC(=C(Cl)Cl)P(Cl)(c1ccccc1)(c1ccccc1)c1ccccc1. The van der Waals surface area contributed by atoms with E-state index >= 15 is 0 Å². The van der Waals surface area contributed by atoms with E-state index in [9.17, 15) is 4.79 Å². The van der Waals surface area contributed by atoms with E-state index in [0.29, 0.717) is 5.44 Å². The van der Waals surface area contributed by atoms with Crippen molar-refractivity contribution in [1.82, 2.24) is 5.32 Å². The maximum absolute atomic E-state index is 13.3. The fraction of sp³-hybridized carbons (Fsp3) is 0.0357. The zero-order valence-electron chi connectivity index (χ0n) is 18.2. The Hall–Kier alpha value is -2.61. The van der Waals surface area contributed by atoms with Crippen molar-refractivity contribution in [2.24, 2.45) is 0 Å². The Balaban J connectivity index is 2.00. The van der Waals surface area contributed by atoms with E-state index in [1.54, 1.807) is 0 Å². The second-order valence-electron chi connectivity index (χ2n) is 7.84. The van der Waals surface area contributed by atoms with Crippen LogP contribution < -0.4 is 21.2 Å². The standard InChI is InChI=1S/C28H23Cl3NOP/c29-27(30)28(32-26(33)21-22-13-5-1-6-14-22)34(31,23-15-7-2-8-16-23,24-17-9-3-10-18-24)25-19-11-4-12-20-25/h1-20H,21H2,(H,32,33). The van der Waals surface area contributed by atoms with E-state index in [-0.39, 0.29) is 16.8 Å². The van der Waals surface area contributed by atoms with Crippen LogP contribution in [0.1, 0.15) is 5.56 Å². The first-order valence-corrected chi connectivity index (χ1v) is 14.6. The minimum absolute atomic E-state index is 0.0781. The number of amides is 1. The van der Waals surface area contributed by atoms with E-state index < -0.39 is 5.96 Å². The van der Waals surface area contributed by atoms with Crippen LogP contribution in [-0.2, 0) is 11.2 Å². The molecule has 0 aromatic heterocycles. The number of hydrogen-bond acceptors (Lipinski definition) is 1. The van der Waals surface area contributed by atoms with Gasteiger partial charge in [-0.2, -0.15) is 0 Å². The third-order valence-electron chi connectivity index (χ3n) is 5.79. The van der Waals surface area contributed by atoms with Gasteiger partial charge in [0.1, 0.15) is 0 Å². The summed E-state index contributed by atoms with van der Waals surface area (Å²) in [6.45, 7) is 0. The molecule has 172 valence electrons. The molecule has 0 aliphatic rings. The predicted molar refractivity (Wildman–Crippen MR) is 148 cm³/mol. The molecule has 0 radical (unpaired) electrons. The molecule has 0 saturated heterocycles. The molecule has 0 atom stereocenters. The molecule has 1 amide bonds. The molecule has 4 rings (SSSR count). The van der Waals surface area contributed by atoms with Crippen LogP contribution in [-0.4, -0.2) is 5.91 Å². The van der Waals surface area contributed by atoms with E-state index in [4.69, 9.17) is 34.4 Å². The van der Waals surface area contributed by atoms with Crippen LogP contribution in [0, 0.1) is 0 Å². The molecule has 0 unspecified atom stereocenters. The first-order chi connectivity index (χ1) is 16.4. The molecule has 4 aromatic rings. The molecule has 0 spiro atoms. The normalized spacial score (nSPS) is 12.3. The van der Waals surface area contributed by atoms with Gasteiger partial charge >= 0.3 is 216 Å². The first-order valence-electron chi connectivity index (χ1n) is 10.7. The number of hydrogen-bond donors (Lipinski definition) is 1. The second kappa shape index (κ2) is 10.3. The third kappa shape index (κ3) is 4.40. The van der Waals surface area contributed by atoms with Gasteiger partial charge < -0.3 is 0 Å². The Morgan fingerprint density at radius 1 is 0.618 bits per heavy atom. The Bertz CT molecular complexity index is 1190. The van der Waals surface area contributed by atoms with Crippen LogP contribution in [0.4, 0.5) is 0 Å². The van der Waals surface area contributed by atoms with Crippen LogP contribution in [0.2, 0.25) is 0 Å². The van der Waals surface area contributed by atoms with Crippen molar-refractivity contribution in [3.63, 3.8) is 0 Å². The minimum atomic E-state index is -4.07. The molecule has 0 saturated carbocycles. The summed E-state index contributed by atoms with van der Waals surface area (Å²) in [4.78, 5) is 13.3. The first kappa shape index (κ1) is 24.5. The van der Waals surface area contributed by atoms with Gasteiger partial charge in [-0.1, -0.05) is 0 Å². The van der Waals surface area contributed by atoms with Crippen LogP contribution in [0.15, 0.2) is 131 Å². The summed E-state index contributed by atoms with van der Waals surface area (Å²) in [5, 5.41) is 5.51. The zero-order valence-corrected chi connectivity index (χ0v) is 21.4. The quantitative estimate of drug-likeness (QED) is 0.269. The molecule has 0 bridgehead atoms. The van der Waals surface area contributed by atoms with Gasteiger partial charge in [0.05, 0.1) is 0 Å². The van der Waals surface area contributed by atoms with Gasteiger partial charge in [0.25, 0.3) is 0 Å². The fourth-order valence-corrected chi connectivity index (χ4v) is 11.5. The summed E-state index contributed by atoms with van der Waals surface area (Å²) < 4.78 is -0.0781. The molecule has 0 aliphatic heterocycles. The fourth-order valence-electron chi connectivity index (χ4n) is 4.23. The van der Waals surface area contributed by atoms with E-state index in [1.807, 2.05) is 121 Å². The molecule has 34 heavy (non-hydrogen) atoms. The van der Waals surface area contributed by atoms with E-state index in [1.165, 1.54) is 0 Å². The van der Waals surface area contributed by atoms with Gasteiger partial charge in [-0.25, -0.2) is 0 Å². The van der Waals surface area contributed by atoms with Crippen LogP contribution in [0.3, 0.4) is 0 Å². The molecule has 4 aromatic carbocycles. The summed E-state index contributed by atoms with van der Waals surface area (Å²) in [5.74, 6) is -4.32. The Labute approximate surface area is 214 Å². The van der Waals surface area contributed by atoms with Crippen LogP contribution in [0.25, 0.3) is 0 Å². The van der Waals surface area contributed by atoms with Gasteiger partial charge in [-0.15, -0.1) is 0 Å². The van der Waals surface area contributed by atoms with Gasteiger partial charge in [0, 0.05) is 0 Å². The zero-order chi connectivity index (χ0) is 24.0. The number of benzene rings is 4. The number of rotatable bonds is 7. The molecule has 0 heterocycles. The molecule has 0 aliphatic carbocycles. The second-order valence-corrected chi connectivity index (χ2v) is 14.8. The molecule has 0 fully saturated rings. The van der Waals surface area contributed by atoms with Crippen molar-refractivity contribution in [2.45, 2.75) is 6.42 Å². The summed E-state index contributed by atoms with van der Waals surface area (Å²) in [6.07, 6.45) is 0.160. The van der Waals surface area contributed by atoms with Crippen molar-refractivity contribution < 1.29 is 4.79 Å². The molecular weight excluding hydrogens is 504 g/mol. The van der Waals surface area contributed by atoms with E-state index in [2.05, 4.69) is 5.32 Å². The average Bonchev–Trinajstić information content (AvgIpc) is 2.89. The summed E-state index contributed by atoms with van der Waals surface area (Å²) in [5.41, 5.74) is 1.18. The Morgan fingerprint density at radius 3 is 1.32 bits per heavy atom. The van der Waals surface area contributed by atoms with Gasteiger partial charge in [-0.05, 0) is 0 Å². The van der Waals surface area contributed by atoms with Gasteiger partial charge in [-0.3, -0.25) is 0 Å². The topological polar surface area (TPSA) is 29.1 Å². The number of halogens is 3. The number of nitrogens with one attached hydrogen (secondary N) is 1. The summed E-state index contributed by atoms with van der Waals surface area (Å²) in [7, 11) is 0. The summed E-state index contributed by atoms with van der Waals surface area (Å²) in [6, 6.07) is 38.6. The number of carbonyl (C=O) groups is 1. The van der Waals surface area contributed by atoms with Crippen molar-refractivity contribution in [3.8, 4) is 0 Å². The van der Waals surface area contributed by atoms with Crippen molar-refractivity contribution in [1.29, 1.82) is 0 Å². The average molecular weight is 527 g/mol. The van der Waals surface area contributed by atoms with Gasteiger partial charge in [0.15, 0.2) is 0 Å². The van der Waals surface area contributed by atoms with Crippen LogP contribution in [0.5, 0.6) is 0 Å². The van der Waals surface area contributed by atoms with Gasteiger partial charge in [0.2, 0.25) is 0 Å². The molecule has 2 nitrogen and oxygen atoms in total. The number of carbonyl (C=O) groups excluding carboxylic acids is 1. The summed E-state index contributed by atoms with van der Waals surface area (Å²) >= 11 is 21.3. The van der Waals surface area contributed by atoms with Crippen molar-refractivity contribution in [3.05, 3.63) is 137 Å².